The van der Waals surface area contributed by atoms with E-state index in [0.29, 0.717) is 15.8 Å². The summed E-state index contributed by atoms with van der Waals surface area (Å²) in [5, 5.41) is 0. The zero-order valence-electron chi connectivity index (χ0n) is 29.0. The van der Waals surface area contributed by atoms with Crippen molar-refractivity contribution in [3.8, 4) is 0 Å². The molecule has 249 valence electrons. The summed E-state index contributed by atoms with van der Waals surface area (Å²) in [4.78, 5) is 0. The molecule has 2 saturated carbocycles. The molecule has 3 aliphatic carbocycles. The Balaban J connectivity index is 0.000000324. The van der Waals surface area contributed by atoms with Crippen LogP contribution in [0.4, 0.5) is 0 Å². The molecule has 0 aromatic rings. The summed E-state index contributed by atoms with van der Waals surface area (Å²) in [6, 6.07) is 0. The van der Waals surface area contributed by atoms with Crippen molar-refractivity contribution in [3.63, 3.8) is 0 Å². The van der Waals surface area contributed by atoms with Crippen LogP contribution in [0.15, 0.2) is 24.3 Å². The van der Waals surface area contributed by atoms with E-state index >= 15 is 0 Å². The summed E-state index contributed by atoms with van der Waals surface area (Å²) >= 11 is 0. The van der Waals surface area contributed by atoms with Gasteiger partial charge in [0.2, 0.25) is 0 Å². The third kappa shape index (κ3) is 12.6. The fourth-order valence-corrected chi connectivity index (χ4v) is 18.4. The normalized spacial score (nSPS) is 30.0. The first kappa shape index (κ1) is 41.5. The van der Waals surface area contributed by atoms with Crippen molar-refractivity contribution in [2.75, 3.05) is 0 Å². The second-order valence-electron chi connectivity index (χ2n) is 15.3. The van der Waals surface area contributed by atoms with Crippen molar-refractivity contribution >= 4 is 15.8 Å². The van der Waals surface area contributed by atoms with Crippen LogP contribution in [0.2, 0.25) is 0 Å². The van der Waals surface area contributed by atoms with Gasteiger partial charge in [0.15, 0.2) is 0 Å². The predicted octanol–water partition coefficient (Wildman–Crippen LogP) is 13.2. The van der Waals surface area contributed by atoms with Crippen LogP contribution in [0.25, 0.3) is 0 Å². The molecule has 0 aromatic heterocycles. The molecule has 4 heteroatoms. The third-order valence-corrected chi connectivity index (χ3v) is 20.2. The van der Waals surface area contributed by atoms with E-state index in [0.717, 1.165) is 57.6 Å². The summed E-state index contributed by atoms with van der Waals surface area (Å²) < 4.78 is 0. The van der Waals surface area contributed by atoms with Gasteiger partial charge in [-0.2, -0.15) is 0 Å². The Bertz CT molecular complexity index is 629. The average molecular weight is 748 g/mol. The molecule has 0 aromatic carbocycles. The number of hydrogen-bond donors (Lipinski definition) is 0. The molecule has 0 amide bonds. The largest absolute Gasteiger partial charge is 0.0966 e. The minimum absolute atomic E-state index is 0. The molecule has 42 heavy (non-hydrogen) atoms. The predicted molar refractivity (Wildman–Crippen MR) is 188 cm³/mol. The van der Waals surface area contributed by atoms with Crippen molar-refractivity contribution in [1.29, 1.82) is 0 Å². The number of allylic oxidation sites excluding steroid dienone is 4. The molecule has 2 heterocycles. The second kappa shape index (κ2) is 22.1. The first-order valence-electron chi connectivity index (χ1n) is 18.1. The summed E-state index contributed by atoms with van der Waals surface area (Å²) in [7, 11) is 0.696. The molecule has 2 aliphatic heterocycles. The molecule has 1 radical (unpaired) electrons. The Morgan fingerprint density at radius 1 is 0.405 bits per heavy atom. The quantitative estimate of drug-likeness (QED) is 0.144. The van der Waals surface area contributed by atoms with E-state index in [2.05, 4.69) is 79.7 Å². The summed E-state index contributed by atoms with van der Waals surface area (Å²) in [6.45, 7) is 19.8. The topological polar surface area (TPSA) is 0 Å². The van der Waals surface area contributed by atoms with Gasteiger partial charge in [0.1, 0.15) is 0 Å². The van der Waals surface area contributed by atoms with Gasteiger partial charge in [0.25, 0.3) is 0 Å². The molecular formula is C38H70FeP2Rh. The number of hydrogen-bond acceptors (Lipinski definition) is 0. The van der Waals surface area contributed by atoms with Gasteiger partial charge in [-0.3, -0.25) is 0 Å². The van der Waals surface area contributed by atoms with E-state index in [9.17, 15) is 0 Å². The summed E-state index contributed by atoms with van der Waals surface area (Å²) in [5.74, 6) is 3.76. The summed E-state index contributed by atoms with van der Waals surface area (Å²) in [5.41, 5.74) is 6.71. The van der Waals surface area contributed by atoms with Crippen molar-refractivity contribution in [3.05, 3.63) is 24.3 Å². The third-order valence-electron chi connectivity index (χ3n) is 11.0. The van der Waals surface area contributed by atoms with Gasteiger partial charge in [-0.1, -0.05) is 121 Å². The van der Waals surface area contributed by atoms with E-state index in [-0.39, 0.29) is 36.5 Å². The smallest absolute Gasteiger partial charge is 0 e. The maximum Gasteiger partial charge on any atom is 0 e. The maximum atomic E-state index is 2.47. The SMILES string of the molecule is C1=CCC/C=C\CC1.CC(C)[C@H]1CC[C@H](C(C)C)P1C1CCCC1.CC(C)[C@H]1CC[C@H](C(C)C)P1C1CCCC1.[Fe].[Rh]. The molecule has 2 saturated heterocycles. The van der Waals surface area contributed by atoms with Gasteiger partial charge in [-0.25, -0.2) is 0 Å². The van der Waals surface area contributed by atoms with E-state index in [4.69, 9.17) is 0 Å². The Morgan fingerprint density at radius 2 is 0.619 bits per heavy atom. The monoisotopic (exact) mass is 747 g/mol. The zero-order valence-corrected chi connectivity index (χ0v) is 33.5. The molecule has 5 aliphatic rings. The molecular weight excluding hydrogens is 677 g/mol. The minimum atomic E-state index is 0. The van der Waals surface area contributed by atoms with Gasteiger partial charge in [-0.15, -0.1) is 0 Å². The molecule has 0 spiro atoms. The Kier molecular flexibility index (Phi) is 21.9. The fourth-order valence-electron chi connectivity index (χ4n) is 8.83. The van der Waals surface area contributed by atoms with Crippen molar-refractivity contribution in [1.82, 2.24) is 0 Å². The van der Waals surface area contributed by atoms with E-state index in [1.807, 2.05) is 0 Å². The molecule has 0 N–H and O–H groups in total. The molecule has 4 atom stereocenters. The van der Waals surface area contributed by atoms with Gasteiger partial charge in [-0.05, 0) is 135 Å². The van der Waals surface area contributed by atoms with Crippen LogP contribution in [0.1, 0.15) is 158 Å². The van der Waals surface area contributed by atoms with Crippen LogP contribution >= 0.6 is 15.8 Å². The standard InChI is InChI=1S/2C15H29P.C8H12.Fe.Rh/c2*1-11(2)14-9-10-15(12(3)4)16(14)13-7-5-6-8-13;1-2-4-6-8-7-5-3-1;;/h2*11-15H,5-10H2,1-4H3;1-2,7-8H,3-6H2;;/b;;2-1-,8-7?;;/t2*14-,15-;;;/m11.../s1. The van der Waals surface area contributed by atoms with Crippen LogP contribution in [-0.2, 0) is 36.5 Å². The fraction of sp³-hybridized carbons (Fsp3) is 0.895. The van der Waals surface area contributed by atoms with Crippen LogP contribution in [-0.4, -0.2) is 34.0 Å². The van der Waals surface area contributed by atoms with Crippen LogP contribution < -0.4 is 0 Å². The van der Waals surface area contributed by atoms with Gasteiger partial charge in [0, 0.05) is 36.5 Å². The van der Waals surface area contributed by atoms with Gasteiger partial charge in [0.05, 0.1) is 0 Å². The minimum Gasteiger partial charge on any atom is -0.0966 e. The molecule has 0 nitrogen and oxygen atoms in total. The molecule has 0 unspecified atom stereocenters. The second-order valence-corrected chi connectivity index (χ2v) is 21.2. The first-order chi connectivity index (χ1) is 19.2. The van der Waals surface area contributed by atoms with Crippen molar-refractivity contribution in [2.24, 2.45) is 23.7 Å². The van der Waals surface area contributed by atoms with E-state index in [1.54, 1.807) is 51.4 Å². The van der Waals surface area contributed by atoms with Crippen molar-refractivity contribution < 1.29 is 36.5 Å². The first-order valence-corrected chi connectivity index (χ1v) is 21.2. The van der Waals surface area contributed by atoms with Crippen LogP contribution in [0.3, 0.4) is 0 Å². The van der Waals surface area contributed by atoms with Gasteiger partial charge >= 0.3 is 0 Å². The van der Waals surface area contributed by atoms with E-state index < -0.39 is 0 Å². The zero-order chi connectivity index (χ0) is 29.1. The Labute approximate surface area is 290 Å². The average Bonchev–Trinajstić information content (AvgIpc) is 3.69. The maximum absolute atomic E-state index is 2.47. The van der Waals surface area contributed by atoms with Crippen LogP contribution in [0.5, 0.6) is 0 Å². The Hall–Kier alpha value is 1.48. The molecule has 0 bridgehead atoms. The Morgan fingerprint density at radius 3 is 0.810 bits per heavy atom. The van der Waals surface area contributed by atoms with Crippen LogP contribution in [0, 0.1) is 23.7 Å². The van der Waals surface area contributed by atoms with E-state index in [1.165, 1.54) is 51.4 Å². The number of rotatable bonds is 6. The van der Waals surface area contributed by atoms with Gasteiger partial charge < -0.3 is 0 Å². The van der Waals surface area contributed by atoms with Crippen molar-refractivity contribution in [2.45, 2.75) is 192 Å². The summed E-state index contributed by atoms with van der Waals surface area (Å²) in [6.07, 6.45) is 32.6. The molecule has 4 fully saturated rings. The molecule has 5 rings (SSSR count).